The highest BCUT2D eigenvalue weighted by atomic mass is 35.5. The average molecular weight is 431 g/mol. The van der Waals surface area contributed by atoms with Gasteiger partial charge in [-0.05, 0) is 48.5 Å². The highest BCUT2D eigenvalue weighted by Crippen LogP contribution is 2.25. The van der Waals surface area contributed by atoms with Gasteiger partial charge in [-0.3, -0.25) is 14.6 Å². The molecule has 0 aliphatic heterocycles. The van der Waals surface area contributed by atoms with Crippen molar-refractivity contribution < 1.29 is 4.79 Å². The molecule has 0 atom stereocenters. The van der Waals surface area contributed by atoms with E-state index in [1.165, 1.54) is 0 Å². The van der Waals surface area contributed by atoms with Crippen molar-refractivity contribution in [2.45, 2.75) is 0 Å². The number of nitriles is 1. The molecule has 0 aliphatic carbocycles. The third-order valence-corrected chi connectivity index (χ3v) is 4.63. The zero-order valence-corrected chi connectivity index (χ0v) is 16.7. The molecule has 2 heterocycles. The number of H-pyrrole nitrogens is 2. The largest absolute Gasteiger partial charge is 0.357 e. The summed E-state index contributed by atoms with van der Waals surface area (Å²) in [5, 5.41) is 15.8. The van der Waals surface area contributed by atoms with E-state index in [9.17, 15) is 14.9 Å². The van der Waals surface area contributed by atoms with Crippen LogP contribution in [-0.4, -0.2) is 20.9 Å². The van der Waals surface area contributed by atoms with Gasteiger partial charge in [0.05, 0.1) is 5.69 Å². The Kier molecular flexibility index (Phi) is 5.51. The van der Waals surface area contributed by atoms with E-state index in [0.29, 0.717) is 27.7 Å². The van der Waals surface area contributed by atoms with Crippen LogP contribution in [0.15, 0.2) is 71.7 Å². The Morgan fingerprint density at radius 2 is 1.87 bits per heavy atom. The van der Waals surface area contributed by atoms with Crippen LogP contribution in [0, 0.1) is 11.3 Å². The minimum atomic E-state index is -0.579. The Balaban J connectivity index is 1.69. The summed E-state index contributed by atoms with van der Waals surface area (Å²) >= 11 is 5.90. The lowest BCUT2D eigenvalue weighted by Gasteiger charge is -2.10. The molecule has 0 radical (unpaired) electrons. The maximum absolute atomic E-state index is 12.5. The molecule has 0 spiro atoms. The van der Waals surface area contributed by atoms with Crippen molar-refractivity contribution >= 4 is 34.8 Å². The fourth-order valence-electron chi connectivity index (χ4n) is 2.93. The predicted molar refractivity (Wildman–Crippen MR) is 118 cm³/mol. The van der Waals surface area contributed by atoms with Gasteiger partial charge in [0.25, 0.3) is 11.5 Å². The number of nitrogens with zero attached hydrogens (tertiary/aromatic N) is 2. The Bertz CT molecular complexity index is 1340. The van der Waals surface area contributed by atoms with Gasteiger partial charge in [0.15, 0.2) is 0 Å². The van der Waals surface area contributed by atoms with E-state index in [1.54, 1.807) is 66.9 Å². The molecule has 8 nitrogen and oxygen atoms in total. The second kappa shape index (κ2) is 8.57. The lowest BCUT2D eigenvalue weighted by molar-refractivity contribution is 0.102. The summed E-state index contributed by atoms with van der Waals surface area (Å²) in [5.41, 5.74) is 1.56. The van der Waals surface area contributed by atoms with Crippen LogP contribution in [0.5, 0.6) is 0 Å². The number of carbonyl (C=O) groups excluding carboxylic acids is 1. The number of benzene rings is 2. The van der Waals surface area contributed by atoms with Gasteiger partial charge in [-0.25, -0.2) is 4.98 Å². The fraction of sp³-hybridized carbons (Fsp3) is 0. The van der Waals surface area contributed by atoms with Crippen LogP contribution in [-0.2, 0) is 0 Å². The molecule has 0 bridgehead atoms. The topological polar surface area (TPSA) is 126 Å². The first-order valence-corrected chi connectivity index (χ1v) is 9.53. The molecule has 0 saturated carbocycles. The number of aromatic amines is 2. The van der Waals surface area contributed by atoms with Gasteiger partial charge in [0, 0.05) is 28.2 Å². The fourth-order valence-corrected chi connectivity index (χ4v) is 3.06. The summed E-state index contributed by atoms with van der Waals surface area (Å²) in [5.74, 6) is -0.145. The first-order chi connectivity index (χ1) is 15.0. The molecular formula is C22H15ClN6O2. The lowest BCUT2D eigenvalue weighted by atomic mass is 10.1. The summed E-state index contributed by atoms with van der Waals surface area (Å²) < 4.78 is 0. The molecule has 2 aromatic heterocycles. The van der Waals surface area contributed by atoms with E-state index in [4.69, 9.17) is 11.6 Å². The smallest absolute Gasteiger partial charge is 0.272 e. The summed E-state index contributed by atoms with van der Waals surface area (Å²) in [6.07, 6.45) is 1.65. The van der Waals surface area contributed by atoms with Crippen LogP contribution >= 0.6 is 11.6 Å². The van der Waals surface area contributed by atoms with Crippen molar-refractivity contribution in [3.05, 3.63) is 93.5 Å². The van der Waals surface area contributed by atoms with Crippen LogP contribution in [0.1, 0.15) is 16.1 Å². The third-order valence-electron chi connectivity index (χ3n) is 4.37. The average Bonchev–Trinajstić information content (AvgIpc) is 3.30. The molecule has 4 N–H and O–H groups in total. The molecule has 31 heavy (non-hydrogen) atoms. The van der Waals surface area contributed by atoms with Crippen LogP contribution in [0.2, 0.25) is 5.02 Å². The molecular weight excluding hydrogens is 416 g/mol. The van der Waals surface area contributed by atoms with Crippen LogP contribution in [0.4, 0.5) is 17.3 Å². The maximum Gasteiger partial charge on any atom is 0.272 e. The first kappa shape index (κ1) is 19.9. The molecule has 0 saturated heterocycles. The van der Waals surface area contributed by atoms with Crippen molar-refractivity contribution in [3.8, 4) is 17.3 Å². The summed E-state index contributed by atoms with van der Waals surface area (Å²) in [7, 11) is 0. The number of halogens is 1. The number of nitrogens with one attached hydrogen (secondary N) is 4. The lowest BCUT2D eigenvalue weighted by Crippen LogP contribution is -2.16. The third kappa shape index (κ3) is 4.47. The summed E-state index contributed by atoms with van der Waals surface area (Å²) in [6, 6.07) is 18.9. The first-order valence-electron chi connectivity index (χ1n) is 9.15. The van der Waals surface area contributed by atoms with Crippen molar-refractivity contribution in [2.24, 2.45) is 0 Å². The van der Waals surface area contributed by atoms with Gasteiger partial charge in [0.1, 0.15) is 17.3 Å². The number of rotatable bonds is 5. The van der Waals surface area contributed by atoms with Crippen molar-refractivity contribution in [1.29, 1.82) is 5.26 Å². The van der Waals surface area contributed by atoms with Crippen LogP contribution in [0.25, 0.3) is 11.3 Å². The van der Waals surface area contributed by atoms with E-state index in [1.807, 2.05) is 6.07 Å². The molecule has 1 amide bonds. The Morgan fingerprint density at radius 1 is 1.06 bits per heavy atom. The van der Waals surface area contributed by atoms with Crippen LogP contribution < -0.4 is 16.2 Å². The Hall–Kier alpha value is -4.35. The normalized spacial score (nSPS) is 10.3. The number of hydrogen-bond acceptors (Lipinski definition) is 5. The van der Waals surface area contributed by atoms with Crippen molar-refractivity contribution in [1.82, 2.24) is 15.0 Å². The van der Waals surface area contributed by atoms with E-state index in [0.717, 1.165) is 0 Å². The Labute approximate surface area is 181 Å². The summed E-state index contributed by atoms with van der Waals surface area (Å²) in [4.78, 5) is 34.6. The standard InChI is InChI=1S/C22H15ClN6O2/c23-14-6-8-15(9-7-14)27-22-28-19(17(12-24)20(30)29-22)13-3-1-4-16(11-13)26-21(31)18-5-2-10-25-18/h1-11,25H,(H,26,31)(H2,27,28,29,30). The number of aromatic nitrogens is 3. The van der Waals surface area contributed by atoms with Crippen LogP contribution in [0.3, 0.4) is 0 Å². The molecule has 0 unspecified atom stereocenters. The number of anilines is 3. The monoisotopic (exact) mass is 430 g/mol. The van der Waals surface area contributed by atoms with E-state index in [-0.39, 0.29) is 23.1 Å². The number of hydrogen-bond donors (Lipinski definition) is 4. The van der Waals surface area contributed by atoms with Gasteiger partial charge in [-0.15, -0.1) is 0 Å². The summed E-state index contributed by atoms with van der Waals surface area (Å²) in [6.45, 7) is 0. The quantitative estimate of drug-likeness (QED) is 0.375. The van der Waals surface area contributed by atoms with E-state index in [2.05, 4.69) is 25.6 Å². The van der Waals surface area contributed by atoms with Gasteiger partial charge >= 0.3 is 0 Å². The van der Waals surface area contributed by atoms with Crippen molar-refractivity contribution in [3.63, 3.8) is 0 Å². The predicted octanol–water partition coefficient (Wildman–Crippen LogP) is 4.29. The minimum Gasteiger partial charge on any atom is -0.357 e. The molecule has 152 valence electrons. The molecule has 4 rings (SSSR count). The molecule has 0 aliphatic rings. The zero-order chi connectivity index (χ0) is 21.8. The van der Waals surface area contributed by atoms with Gasteiger partial charge in [0.2, 0.25) is 5.95 Å². The zero-order valence-electron chi connectivity index (χ0n) is 15.9. The number of amides is 1. The van der Waals surface area contributed by atoms with Crippen molar-refractivity contribution in [2.75, 3.05) is 10.6 Å². The molecule has 0 fully saturated rings. The second-order valence-electron chi connectivity index (χ2n) is 6.50. The number of carbonyl (C=O) groups is 1. The highest BCUT2D eigenvalue weighted by molar-refractivity contribution is 6.30. The van der Waals surface area contributed by atoms with E-state index < -0.39 is 5.56 Å². The van der Waals surface area contributed by atoms with Gasteiger partial charge < -0.3 is 15.6 Å². The van der Waals surface area contributed by atoms with E-state index >= 15 is 0 Å². The SMILES string of the molecule is N#Cc1c(-c2cccc(NC(=O)c3ccc[nH]3)c2)nc(Nc2ccc(Cl)cc2)[nH]c1=O. The van der Waals surface area contributed by atoms with Gasteiger partial charge in [-0.1, -0.05) is 23.7 Å². The van der Waals surface area contributed by atoms with Gasteiger partial charge in [-0.2, -0.15) is 5.26 Å². The molecule has 2 aromatic carbocycles. The molecule has 9 heteroatoms. The highest BCUT2D eigenvalue weighted by Gasteiger charge is 2.15. The second-order valence-corrected chi connectivity index (χ2v) is 6.94. The maximum atomic E-state index is 12.5. The Morgan fingerprint density at radius 3 is 2.58 bits per heavy atom. The molecule has 4 aromatic rings. The minimum absolute atomic E-state index is 0.130.